The highest BCUT2D eigenvalue weighted by Crippen LogP contribution is 2.22. The van der Waals surface area contributed by atoms with Crippen LogP contribution in [0.5, 0.6) is 0 Å². The van der Waals surface area contributed by atoms with E-state index in [1.54, 1.807) is 34.9 Å². The van der Waals surface area contributed by atoms with Crippen LogP contribution < -0.4 is 11.2 Å². The normalized spacial score (nSPS) is 15.5. The summed E-state index contributed by atoms with van der Waals surface area (Å²) in [5.74, 6) is -0.283. The fourth-order valence-corrected chi connectivity index (χ4v) is 4.19. The smallest absolute Gasteiger partial charge is 0.303 e. The van der Waals surface area contributed by atoms with E-state index in [1.165, 1.54) is 12.1 Å². The molecule has 30 heavy (non-hydrogen) atoms. The number of aromatic nitrogens is 2. The van der Waals surface area contributed by atoms with Crippen LogP contribution in [0.2, 0.25) is 0 Å². The van der Waals surface area contributed by atoms with Gasteiger partial charge in [-0.3, -0.25) is 19.1 Å². The summed E-state index contributed by atoms with van der Waals surface area (Å²) in [6.07, 6.45) is 2.32. The van der Waals surface area contributed by atoms with Gasteiger partial charge >= 0.3 is 5.69 Å². The second kappa shape index (κ2) is 8.75. The number of aromatic amines is 1. The van der Waals surface area contributed by atoms with Crippen molar-refractivity contribution in [3.8, 4) is 0 Å². The molecule has 2 aromatic carbocycles. The number of hydrogen-bond acceptors (Lipinski definition) is 4. The van der Waals surface area contributed by atoms with Crippen molar-refractivity contribution in [3.05, 3.63) is 80.7 Å². The number of nitrogens with one attached hydrogen (secondary N) is 1. The third-order valence-electron chi connectivity index (χ3n) is 5.85. The standard InChI is InChI=1S/C23H24FN3O3/c24-18-8-6-16(7-9-18)21(28)17-10-14-26(15-11-17)12-3-13-27-20-5-2-1-4-19(20)22(29)25-23(27)30/h1-2,4-9,17H,3,10-15H2,(H,25,29,30). The number of halogens is 1. The van der Waals surface area contributed by atoms with Gasteiger partial charge in [-0.2, -0.15) is 0 Å². The van der Waals surface area contributed by atoms with E-state index in [0.717, 1.165) is 38.9 Å². The van der Waals surface area contributed by atoms with Gasteiger partial charge in [0.05, 0.1) is 10.9 Å². The fraction of sp³-hybridized carbons (Fsp3) is 0.348. The molecule has 1 fully saturated rings. The number of para-hydroxylation sites is 1. The zero-order valence-electron chi connectivity index (χ0n) is 16.6. The van der Waals surface area contributed by atoms with E-state index in [9.17, 15) is 18.8 Å². The lowest BCUT2D eigenvalue weighted by Gasteiger charge is -2.31. The number of carbonyl (C=O) groups excluding carboxylic acids is 1. The van der Waals surface area contributed by atoms with E-state index in [1.807, 2.05) is 6.07 Å². The van der Waals surface area contributed by atoms with Gasteiger partial charge in [-0.25, -0.2) is 9.18 Å². The summed E-state index contributed by atoms with van der Waals surface area (Å²) < 4.78 is 14.7. The summed E-state index contributed by atoms with van der Waals surface area (Å²) in [5, 5.41) is 0.511. The first-order valence-corrected chi connectivity index (χ1v) is 10.3. The van der Waals surface area contributed by atoms with Crippen molar-refractivity contribution in [2.75, 3.05) is 19.6 Å². The number of hydrogen-bond donors (Lipinski definition) is 1. The molecule has 1 aliphatic heterocycles. The van der Waals surface area contributed by atoms with E-state index < -0.39 is 0 Å². The van der Waals surface area contributed by atoms with Gasteiger partial charge < -0.3 is 4.90 Å². The Morgan fingerprint density at radius 1 is 1.00 bits per heavy atom. The first kappa shape index (κ1) is 20.2. The lowest BCUT2D eigenvalue weighted by Crippen LogP contribution is -2.37. The molecule has 1 saturated heterocycles. The molecule has 2 heterocycles. The first-order valence-electron chi connectivity index (χ1n) is 10.3. The average molecular weight is 409 g/mol. The van der Waals surface area contributed by atoms with Crippen LogP contribution in [0, 0.1) is 11.7 Å². The van der Waals surface area contributed by atoms with Crippen LogP contribution in [0.3, 0.4) is 0 Å². The third kappa shape index (κ3) is 4.26. The van der Waals surface area contributed by atoms with Crippen LogP contribution >= 0.6 is 0 Å². The Labute approximate surface area is 173 Å². The molecule has 0 radical (unpaired) electrons. The maximum absolute atomic E-state index is 13.1. The fourth-order valence-electron chi connectivity index (χ4n) is 4.19. The summed E-state index contributed by atoms with van der Waals surface area (Å²) >= 11 is 0. The van der Waals surface area contributed by atoms with Crippen LogP contribution in [0.15, 0.2) is 58.1 Å². The van der Waals surface area contributed by atoms with Crippen molar-refractivity contribution < 1.29 is 9.18 Å². The van der Waals surface area contributed by atoms with Gasteiger partial charge in [-0.05, 0) is 75.3 Å². The lowest BCUT2D eigenvalue weighted by atomic mass is 9.89. The molecule has 3 aromatic rings. The van der Waals surface area contributed by atoms with Crippen LogP contribution in [0.25, 0.3) is 10.9 Å². The number of Topliss-reactive ketones (excluding diaryl/α,β-unsaturated/α-hetero) is 1. The Bertz CT molecular complexity index is 1160. The lowest BCUT2D eigenvalue weighted by molar-refractivity contribution is 0.0838. The average Bonchev–Trinajstić information content (AvgIpc) is 2.76. The predicted molar refractivity (Wildman–Crippen MR) is 113 cm³/mol. The van der Waals surface area contributed by atoms with E-state index in [4.69, 9.17) is 0 Å². The summed E-state index contributed by atoms with van der Waals surface area (Å²) in [6.45, 7) is 2.97. The van der Waals surface area contributed by atoms with Gasteiger partial charge in [-0.15, -0.1) is 0 Å². The SMILES string of the molecule is O=C(c1ccc(F)cc1)C1CCN(CCCn2c(=O)[nH]c(=O)c3ccccc32)CC1. The number of fused-ring (bicyclic) bond motifs is 1. The molecule has 0 unspecified atom stereocenters. The van der Waals surface area contributed by atoms with Crippen molar-refractivity contribution in [1.82, 2.24) is 14.5 Å². The number of likely N-dealkylation sites (tertiary alicyclic amines) is 1. The molecule has 0 aliphatic carbocycles. The Morgan fingerprint density at radius 2 is 1.70 bits per heavy atom. The van der Waals surface area contributed by atoms with Crippen molar-refractivity contribution in [3.63, 3.8) is 0 Å². The molecule has 1 N–H and O–H groups in total. The molecular formula is C23H24FN3O3. The zero-order chi connectivity index (χ0) is 21.1. The summed E-state index contributed by atoms with van der Waals surface area (Å²) in [4.78, 5) is 41.5. The second-order valence-electron chi connectivity index (χ2n) is 7.77. The van der Waals surface area contributed by atoms with Crippen molar-refractivity contribution in [2.24, 2.45) is 5.92 Å². The van der Waals surface area contributed by atoms with Crippen molar-refractivity contribution in [2.45, 2.75) is 25.8 Å². The van der Waals surface area contributed by atoms with E-state index in [-0.39, 0.29) is 28.8 Å². The minimum absolute atomic E-state index is 0.0301. The van der Waals surface area contributed by atoms with Gasteiger partial charge in [0.15, 0.2) is 5.78 Å². The van der Waals surface area contributed by atoms with Crippen LogP contribution in [-0.2, 0) is 6.54 Å². The molecule has 7 heteroatoms. The first-order chi connectivity index (χ1) is 14.5. The number of H-pyrrole nitrogens is 1. The minimum Gasteiger partial charge on any atom is -0.303 e. The maximum Gasteiger partial charge on any atom is 0.328 e. The van der Waals surface area contributed by atoms with Crippen molar-refractivity contribution >= 4 is 16.7 Å². The highest BCUT2D eigenvalue weighted by molar-refractivity contribution is 5.97. The number of rotatable bonds is 6. The Kier molecular flexibility index (Phi) is 5.90. The van der Waals surface area contributed by atoms with E-state index >= 15 is 0 Å². The molecule has 0 bridgehead atoms. The van der Waals surface area contributed by atoms with Crippen LogP contribution in [0.4, 0.5) is 4.39 Å². The zero-order valence-corrected chi connectivity index (χ0v) is 16.6. The topological polar surface area (TPSA) is 75.2 Å². The summed E-state index contributed by atoms with van der Waals surface area (Å²) in [5.41, 5.74) is 0.469. The molecule has 0 atom stereocenters. The molecule has 6 nitrogen and oxygen atoms in total. The number of ketones is 1. The monoisotopic (exact) mass is 409 g/mol. The molecule has 4 rings (SSSR count). The second-order valence-corrected chi connectivity index (χ2v) is 7.77. The molecule has 1 aliphatic rings. The molecule has 156 valence electrons. The van der Waals surface area contributed by atoms with Crippen LogP contribution in [0.1, 0.15) is 29.6 Å². The minimum atomic E-state index is -0.387. The van der Waals surface area contributed by atoms with Gasteiger partial charge in [0, 0.05) is 18.0 Å². The molecule has 1 aromatic heterocycles. The Hall–Kier alpha value is -3.06. The Morgan fingerprint density at radius 3 is 2.43 bits per heavy atom. The van der Waals surface area contributed by atoms with Gasteiger partial charge in [0.2, 0.25) is 0 Å². The molecule has 0 saturated carbocycles. The number of benzene rings is 2. The predicted octanol–water partition coefficient (Wildman–Crippen LogP) is 2.81. The third-order valence-corrected chi connectivity index (χ3v) is 5.85. The van der Waals surface area contributed by atoms with Gasteiger partial charge in [0.1, 0.15) is 5.82 Å². The highest BCUT2D eigenvalue weighted by Gasteiger charge is 2.25. The molecule has 0 amide bonds. The van der Waals surface area contributed by atoms with E-state index in [0.29, 0.717) is 23.0 Å². The Balaban J connectivity index is 1.32. The highest BCUT2D eigenvalue weighted by atomic mass is 19.1. The number of piperidine rings is 1. The van der Waals surface area contributed by atoms with E-state index in [2.05, 4.69) is 9.88 Å². The molecule has 0 spiro atoms. The number of nitrogens with zero attached hydrogens (tertiary/aromatic N) is 2. The van der Waals surface area contributed by atoms with Crippen LogP contribution in [-0.4, -0.2) is 39.9 Å². The number of aryl methyl sites for hydroxylation is 1. The molecular weight excluding hydrogens is 385 g/mol. The van der Waals surface area contributed by atoms with Gasteiger partial charge in [-0.1, -0.05) is 12.1 Å². The van der Waals surface area contributed by atoms with Crippen molar-refractivity contribution in [1.29, 1.82) is 0 Å². The quantitative estimate of drug-likeness (QED) is 0.636. The van der Waals surface area contributed by atoms with Gasteiger partial charge in [0.25, 0.3) is 5.56 Å². The summed E-state index contributed by atoms with van der Waals surface area (Å²) in [7, 11) is 0. The largest absolute Gasteiger partial charge is 0.328 e. The summed E-state index contributed by atoms with van der Waals surface area (Å²) in [6, 6.07) is 12.9. The number of carbonyl (C=O) groups is 1. The maximum atomic E-state index is 13.1.